The van der Waals surface area contributed by atoms with Gasteiger partial charge < -0.3 is 15.1 Å². The minimum atomic E-state index is -0.162. The lowest BCUT2D eigenvalue weighted by atomic mass is 10.0. The number of hydrogen-bond donors (Lipinski definition) is 2. The van der Waals surface area contributed by atoms with Crippen LogP contribution in [0.5, 0.6) is 0 Å². The van der Waals surface area contributed by atoms with Crippen LogP contribution in [-0.4, -0.2) is 11.9 Å². The van der Waals surface area contributed by atoms with Crippen molar-refractivity contribution in [2.24, 2.45) is 5.92 Å². The highest BCUT2D eigenvalue weighted by atomic mass is 16.3. The molecule has 4 nitrogen and oxygen atoms in total. The summed E-state index contributed by atoms with van der Waals surface area (Å²) < 4.78 is 4.97. The van der Waals surface area contributed by atoms with Crippen LogP contribution in [0.1, 0.15) is 13.8 Å². The summed E-state index contributed by atoms with van der Waals surface area (Å²) in [4.78, 5) is 11.5. The average Bonchev–Trinajstić information content (AvgIpc) is 2.48. The molecule has 1 atom stereocenters. The molecule has 2 N–H and O–H groups in total. The van der Waals surface area contributed by atoms with Gasteiger partial charge in [-0.2, -0.15) is 0 Å². The molecule has 70 valence electrons. The second-order valence-corrected chi connectivity index (χ2v) is 3.55. The largest absolute Gasteiger partial charge is 0.468 e. The molecule has 0 bridgehead atoms. The quantitative estimate of drug-likeness (QED) is 0.691. The molecule has 0 saturated heterocycles. The fraction of sp³-hybridized carbons (Fsp3) is 0.444. The zero-order chi connectivity index (χ0) is 9.42. The van der Waals surface area contributed by atoms with Crippen molar-refractivity contribution in [3.63, 3.8) is 0 Å². The van der Waals surface area contributed by atoms with Gasteiger partial charge in [0.15, 0.2) is 0 Å². The maximum atomic E-state index is 11.5. The van der Waals surface area contributed by atoms with Gasteiger partial charge in [0, 0.05) is 0 Å². The van der Waals surface area contributed by atoms with Crippen LogP contribution >= 0.6 is 0 Å². The normalized spacial score (nSPS) is 20.8. The minimum Gasteiger partial charge on any atom is -0.468 e. The fourth-order valence-corrected chi connectivity index (χ4v) is 1.42. The van der Waals surface area contributed by atoms with E-state index in [2.05, 4.69) is 10.6 Å². The van der Waals surface area contributed by atoms with Crippen molar-refractivity contribution in [2.45, 2.75) is 19.9 Å². The van der Waals surface area contributed by atoms with E-state index < -0.39 is 0 Å². The van der Waals surface area contributed by atoms with E-state index in [1.54, 1.807) is 6.26 Å². The van der Waals surface area contributed by atoms with E-state index in [1.807, 2.05) is 13.8 Å². The second-order valence-electron chi connectivity index (χ2n) is 3.55. The molecule has 13 heavy (non-hydrogen) atoms. The number of carbonyl (C=O) groups is 1. The van der Waals surface area contributed by atoms with Crippen LogP contribution in [0.4, 0.5) is 11.4 Å². The van der Waals surface area contributed by atoms with E-state index in [0.717, 1.165) is 11.4 Å². The third kappa shape index (κ3) is 1.28. The van der Waals surface area contributed by atoms with Gasteiger partial charge in [-0.15, -0.1) is 0 Å². The Hall–Kier alpha value is -1.45. The summed E-state index contributed by atoms with van der Waals surface area (Å²) in [6.45, 7) is 4.00. The number of anilines is 2. The summed E-state index contributed by atoms with van der Waals surface area (Å²) in [5.74, 6) is 0.270. The van der Waals surface area contributed by atoms with Gasteiger partial charge in [-0.1, -0.05) is 13.8 Å². The predicted molar refractivity (Wildman–Crippen MR) is 49.6 cm³/mol. The number of hydrogen-bond acceptors (Lipinski definition) is 3. The highest BCUT2D eigenvalue weighted by Gasteiger charge is 2.28. The maximum absolute atomic E-state index is 11.5. The van der Waals surface area contributed by atoms with Gasteiger partial charge in [0.25, 0.3) is 0 Å². The predicted octanol–water partition coefficient (Wildman–Crippen LogP) is 1.67. The molecule has 0 aliphatic carbocycles. The molecular weight excluding hydrogens is 168 g/mol. The molecule has 2 rings (SSSR count). The summed E-state index contributed by atoms with van der Waals surface area (Å²) in [7, 11) is 0. The fourth-order valence-electron chi connectivity index (χ4n) is 1.42. The monoisotopic (exact) mass is 180 g/mol. The van der Waals surface area contributed by atoms with Crippen LogP contribution in [-0.2, 0) is 4.79 Å². The smallest absolute Gasteiger partial charge is 0.247 e. The second kappa shape index (κ2) is 2.80. The summed E-state index contributed by atoms with van der Waals surface area (Å²) in [6.07, 6.45) is 3.13. The van der Waals surface area contributed by atoms with Crippen molar-refractivity contribution in [1.82, 2.24) is 0 Å². The van der Waals surface area contributed by atoms with E-state index in [1.165, 1.54) is 6.26 Å². The first-order valence-corrected chi connectivity index (χ1v) is 4.32. The van der Waals surface area contributed by atoms with E-state index >= 15 is 0 Å². The van der Waals surface area contributed by atoms with Crippen LogP contribution in [0.25, 0.3) is 0 Å². The van der Waals surface area contributed by atoms with Gasteiger partial charge in [-0.05, 0) is 5.92 Å². The van der Waals surface area contributed by atoms with Gasteiger partial charge in [0.2, 0.25) is 5.91 Å². The zero-order valence-corrected chi connectivity index (χ0v) is 7.63. The first kappa shape index (κ1) is 8.16. The Balaban J connectivity index is 2.27. The molecule has 1 aliphatic heterocycles. The van der Waals surface area contributed by atoms with Gasteiger partial charge in [0.05, 0.1) is 5.69 Å². The van der Waals surface area contributed by atoms with Gasteiger partial charge in [0.1, 0.15) is 24.3 Å². The third-order valence-corrected chi connectivity index (χ3v) is 2.18. The molecule has 0 aromatic carbocycles. The molecule has 1 aliphatic rings. The molecule has 2 heterocycles. The van der Waals surface area contributed by atoms with Gasteiger partial charge in [-0.25, -0.2) is 0 Å². The zero-order valence-electron chi connectivity index (χ0n) is 7.63. The van der Waals surface area contributed by atoms with Crippen molar-refractivity contribution < 1.29 is 9.21 Å². The van der Waals surface area contributed by atoms with Gasteiger partial charge in [-0.3, -0.25) is 4.79 Å². The molecule has 0 saturated carbocycles. The van der Waals surface area contributed by atoms with Crippen LogP contribution in [0.15, 0.2) is 16.9 Å². The molecular formula is C9H12N2O2. The molecule has 0 spiro atoms. The Morgan fingerprint density at radius 2 is 2.08 bits per heavy atom. The van der Waals surface area contributed by atoms with Crippen LogP contribution in [0.3, 0.4) is 0 Å². The molecule has 1 aromatic rings. The summed E-state index contributed by atoms with van der Waals surface area (Å²) >= 11 is 0. The van der Waals surface area contributed by atoms with Crippen molar-refractivity contribution in [3.05, 3.63) is 12.5 Å². The maximum Gasteiger partial charge on any atom is 0.247 e. The molecule has 0 unspecified atom stereocenters. The Labute approximate surface area is 76.3 Å². The topological polar surface area (TPSA) is 54.3 Å². The van der Waals surface area contributed by atoms with Crippen molar-refractivity contribution in [1.29, 1.82) is 0 Å². The number of furan rings is 1. The van der Waals surface area contributed by atoms with Crippen LogP contribution < -0.4 is 10.6 Å². The van der Waals surface area contributed by atoms with Crippen LogP contribution in [0, 0.1) is 5.92 Å². The average molecular weight is 180 g/mol. The van der Waals surface area contributed by atoms with E-state index in [0.29, 0.717) is 0 Å². The number of amides is 1. The Morgan fingerprint density at radius 1 is 1.38 bits per heavy atom. The highest BCUT2D eigenvalue weighted by Crippen LogP contribution is 2.29. The summed E-state index contributed by atoms with van der Waals surface area (Å²) in [5.41, 5.74) is 1.58. The lowest BCUT2D eigenvalue weighted by Gasteiger charge is -2.26. The number of carbonyl (C=O) groups excluding carboxylic acids is 1. The molecule has 1 aromatic heterocycles. The first-order valence-electron chi connectivity index (χ1n) is 4.32. The Bertz CT molecular complexity index is 330. The standard InChI is InChI=1S/C9H12N2O2/c1-5(2)8-9(12)11-7-4-13-3-6(7)10-8/h3-5,8,10H,1-2H3,(H,11,12)/t8-/m0/s1. The van der Waals surface area contributed by atoms with E-state index in [-0.39, 0.29) is 17.9 Å². The Kier molecular flexibility index (Phi) is 1.76. The van der Waals surface area contributed by atoms with Gasteiger partial charge >= 0.3 is 0 Å². The van der Waals surface area contributed by atoms with Crippen molar-refractivity contribution in [2.75, 3.05) is 10.6 Å². The van der Waals surface area contributed by atoms with Crippen molar-refractivity contribution in [3.8, 4) is 0 Å². The minimum absolute atomic E-state index is 0.00361. The SMILES string of the molecule is CC(C)[C@@H]1Nc2cocc2NC1=O. The molecule has 0 radical (unpaired) electrons. The van der Waals surface area contributed by atoms with Crippen molar-refractivity contribution >= 4 is 17.3 Å². The van der Waals surface area contributed by atoms with E-state index in [4.69, 9.17) is 4.42 Å². The number of fused-ring (bicyclic) bond motifs is 1. The van der Waals surface area contributed by atoms with Crippen LogP contribution in [0.2, 0.25) is 0 Å². The first-order chi connectivity index (χ1) is 6.18. The molecule has 1 amide bonds. The number of rotatable bonds is 1. The summed E-state index contributed by atoms with van der Waals surface area (Å²) in [5, 5.41) is 5.90. The number of nitrogens with one attached hydrogen (secondary N) is 2. The van der Waals surface area contributed by atoms with E-state index in [9.17, 15) is 4.79 Å². The molecule has 0 fully saturated rings. The molecule has 4 heteroatoms. The lowest BCUT2D eigenvalue weighted by Crippen LogP contribution is -2.41. The third-order valence-electron chi connectivity index (χ3n) is 2.18. The highest BCUT2D eigenvalue weighted by molar-refractivity contribution is 6.02. The summed E-state index contributed by atoms with van der Waals surface area (Å²) in [6, 6.07) is -0.162. The lowest BCUT2D eigenvalue weighted by molar-refractivity contribution is -0.117. The Morgan fingerprint density at radius 3 is 2.77 bits per heavy atom.